The number of likely N-dealkylation sites (N-methyl/N-ethyl adjacent to an activating group) is 1. The van der Waals surface area contributed by atoms with Gasteiger partial charge in [0.1, 0.15) is 23.7 Å². The Hall–Kier alpha value is -2.40. The number of rotatable bonds is 8. The summed E-state index contributed by atoms with van der Waals surface area (Å²) in [7, 11) is 5.41. The fourth-order valence-electron chi connectivity index (χ4n) is 7.70. The minimum atomic E-state index is -1.42. The zero-order valence-corrected chi connectivity index (χ0v) is 31.0. The van der Waals surface area contributed by atoms with E-state index in [4.69, 9.17) is 18.9 Å². The molecular weight excluding hydrogens is 610 g/mol. The highest BCUT2D eigenvalue weighted by atomic mass is 16.7. The summed E-state index contributed by atoms with van der Waals surface area (Å²) in [5, 5.41) is 23.5. The van der Waals surface area contributed by atoms with Crippen molar-refractivity contribution in [3.05, 3.63) is 53.6 Å². The quantitative estimate of drug-likeness (QED) is 0.200. The Kier molecular flexibility index (Phi) is 14.2. The van der Waals surface area contributed by atoms with Crippen LogP contribution in [0.25, 0.3) is 6.08 Å². The number of benzene rings is 1. The van der Waals surface area contributed by atoms with Gasteiger partial charge in [-0.25, -0.2) is 0 Å². The number of allylic oxidation sites excluding steroid dienone is 2. The molecule has 1 saturated heterocycles. The van der Waals surface area contributed by atoms with Crippen LogP contribution >= 0.6 is 0 Å². The van der Waals surface area contributed by atoms with Gasteiger partial charge in [-0.2, -0.15) is 0 Å². The number of aliphatic hydroxyl groups excluding tert-OH is 1. The molecule has 1 unspecified atom stereocenters. The van der Waals surface area contributed by atoms with E-state index < -0.39 is 53.6 Å². The zero-order chi connectivity index (χ0) is 36.0. The number of ketones is 1. The lowest BCUT2D eigenvalue weighted by Gasteiger charge is -2.47. The number of nitrogens with zero attached hydrogens (tertiary/aromatic N) is 1. The fraction of sp³-hybridized carbons (Fsp3) is 0.692. The summed E-state index contributed by atoms with van der Waals surface area (Å²) in [4.78, 5) is 29.7. The predicted molar refractivity (Wildman–Crippen MR) is 188 cm³/mol. The van der Waals surface area contributed by atoms with E-state index in [1.54, 1.807) is 27.9 Å². The van der Waals surface area contributed by atoms with Gasteiger partial charge in [-0.05, 0) is 85.9 Å². The molecule has 9 nitrogen and oxygen atoms in total. The Bertz CT molecular complexity index is 1260. The van der Waals surface area contributed by atoms with Gasteiger partial charge in [-0.15, -0.1) is 0 Å². The molecule has 0 spiro atoms. The summed E-state index contributed by atoms with van der Waals surface area (Å²) in [6.45, 7) is 14.8. The van der Waals surface area contributed by atoms with Crippen molar-refractivity contribution in [2.45, 2.75) is 129 Å². The number of carbonyl (C=O) groups is 2. The summed E-state index contributed by atoms with van der Waals surface area (Å²) in [6, 6.07) is 9.76. The first-order valence-corrected chi connectivity index (χ1v) is 17.5. The Morgan fingerprint density at radius 3 is 2.31 bits per heavy atom. The van der Waals surface area contributed by atoms with Crippen molar-refractivity contribution in [3.8, 4) is 0 Å². The van der Waals surface area contributed by atoms with Crippen molar-refractivity contribution in [3.63, 3.8) is 0 Å². The van der Waals surface area contributed by atoms with E-state index in [2.05, 4.69) is 13.0 Å². The Labute approximate surface area is 288 Å². The van der Waals surface area contributed by atoms with Crippen LogP contribution < -0.4 is 0 Å². The first-order chi connectivity index (χ1) is 22.5. The summed E-state index contributed by atoms with van der Waals surface area (Å²) in [5.74, 6) is -3.46. The first-order valence-electron chi connectivity index (χ1n) is 17.5. The summed E-state index contributed by atoms with van der Waals surface area (Å²) in [6.07, 6.45) is 4.29. The van der Waals surface area contributed by atoms with E-state index in [-0.39, 0.29) is 29.8 Å². The average molecular weight is 672 g/mol. The molecule has 9 heteroatoms. The van der Waals surface area contributed by atoms with Crippen LogP contribution in [-0.2, 0) is 28.5 Å². The van der Waals surface area contributed by atoms with Crippen molar-refractivity contribution < 1.29 is 38.7 Å². The topological polar surface area (TPSA) is 115 Å². The van der Waals surface area contributed by atoms with E-state index in [1.807, 2.05) is 89.2 Å². The van der Waals surface area contributed by atoms with Crippen LogP contribution in [0.15, 0.2) is 48.1 Å². The smallest absolute Gasteiger partial charge is 0.316 e. The SMILES string of the molecule is CC[C@H]1OC(=O)C(C)C(=O)[C@@H](C)[C@@H](O[C@@H]2O[C@H](C)C[C@H](N(C)C)[C@H]2O)[C@](C)(OC)C[C@@H](C)/C=C(/C)[C@H](C/C=C/c2ccccc2)[C@]1(C)O. The third-order valence-corrected chi connectivity index (χ3v) is 10.6. The standard InChI is InChI=1S/C39H61NO8/c1-12-32-39(8,44)30(20-16-19-29-17-14-13-15-18-29)25(3)21-24(2)23-38(7,45-11)35(27(5)33(41)28(6)36(43)47-32)48-37-34(42)31(40(9)10)22-26(4)46-37/h13-19,21,24,26-28,30-32,34-35,37,42,44H,12,20,22-23H2,1-11H3/b19-16+,25-21-/t24-,26+,27+,28?,30-,31-,32+,34+,35+,37-,38+,39-/m0/s1. The van der Waals surface area contributed by atoms with Crippen LogP contribution in [-0.4, -0.2) is 96.0 Å². The van der Waals surface area contributed by atoms with Gasteiger partial charge in [0.15, 0.2) is 12.1 Å². The molecule has 2 aliphatic heterocycles. The van der Waals surface area contributed by atoms with Gasteiger partial charge < -0.3 is 34.1 Å². The van der Waals surface area contributed by atoms with E-state index in [0.717, 1.165) is 11.1 Å². The minimum Gasteiger partial charge on any atom is -0.459 e. The van der Waals surface area contributed by atoms with Gasteiger partial charge in [0, 0.05) is 25.0 Å². The van der Waals surface area contributed by atoms with Gasteiger partial charge in [-0.3, -0.25) is 9.59 Å². The Morgan fingerprint density at radius 2 is 1.73 bits per heavy atom. The second-order valence-electron chi connectivity index (χ2n) is 14.8. The number of hydrogen-bond acceptors (Lipinski definition) is 9. The van der Waals surface area contributed by atoms with Crippen LogP contribution in [0.5, 0.6) is 0 Å². The zero-order valence-electron chi connectivity index (χ0n) is 31.0. The summed E-state index contributed by atoms with van der Waals surface area (Å²) < 4.78 is 25.0. The van der Waals surface area contributed by atoms with Gasteiger partial charge in [-0.1, -0.05) is 74.9 Å². The van der Waals surface area contributed by atoms with E-state index in [0.29, 0.717) is 25.7 Å². The molecule has 0 aromatic heterocycles. The number of aliphatic hydroxyl groups is 2. The van der Waals surface area contributed by atoms with E-state index in [9.17, 15) is 19.8 Å². The third kappa shape index (κ3) is 9.43. The molecule has 3 rings (SSSR count). The molecule has 1 aromatic carbocycles. The summed E-state index contributed by atoms with van der Waals surface area (Å²) >= 11 is 0. The molecule has 2 heterocycles. The highest BCUT2D eigenvalue weighted by Crippen LogP contribution is 2.39. The van der Waals surface area contributed by atoms with Crippen molar-refractivity contribution >= 4 is 17.8 Å². The number of Topliss-reactive ketones (excluding diaryl/α,β-unsaturated/α-hetero) is 1. The molecule has 0 bridgehead atoms. The second kappa shape index (κ2) is 17.0. The third-order valence-electron chi connectivity index (χ3n) is 10.6. The molecule has 0 aliphatic carbocycles. The van der Waals surface area contributed by atoms with E-state index in [1.165, 1.54) is 0 Å². The normalized spacial score (nSPS) is 40.3. The molecule has 0 radical (unpaired) electrons. The lowest BCUT2D eigenvalue weighted by molar-refractivity contribution is -0.295. The molecule has 0 amide bonds. The molecule has 0 saturated carbocycles. The molecule has 270 valence electrons. The number of esters is 1. The Balaban J connectivity index is 2.09. The predicted octanol–water partition coefficient (Wildman–Crippen LogP) is 5.82. The Morgan fingerprint density at radius 1 is 1.08 bits per heavy atom. The molecule has 2 aliphatic rings. The van der Waals surface area contributed by atoms with Crippen LogP contribution in [0.2, 0.25) is 0 Å². The van der Waals surface area contributed by atoms with E-state index >= 15 is 0 Å². The fourth-order valence-corrected chi connectivity index (χ4v) is 7.70. The average Bonchev–Trinajstić information content (AvgIpc) is 3.03. The minimum absolute atomic E-state index is 0.0617. The van der Waals surface area contributed by atoms with Crippen LogP contribution in [0, 0.1) is 23.7 Å². The molecular formula is C39H61NO8. The molecule has 2 N–H and O–H groups in total. The second-order valence-corrected chi connectivity index (χ2v) is 14.8. The number of carbonyl (C=O) groups excluding carboxylic acids is 2. The maximum atomic E-state index is 14.1. The van der Waals surface area contributed by atoms with Gasteiger partial charge in [0.05, 0.1) is 17.8 Å². The van der Waals surface area contributed by atoms with Crippen molar-refractivity contribution in [1.82, 2.24) is 4.90 Å². The van der Waals surface area contributed by atoms with Crippen LogP contribution in [0.4, 0.5) is 0 Å². The number of methoxy groups -OCH3 is 1. The van der Waals surface area contributed by atoms with Crippen LogP contribution in [0.1, 0.15) is 86.6 Å². The largest absolute Gasteiger partial charge is 0.459 e. The lowest BCUT2D eigenvalue weighted by Crippen LogP contribution is -2.59. The van der Waals surface area contributed by atoms with Gasteiger partial charge in [0.2, 0.25) is 0 Å². The molecule has 1 aromatic rings. The first kappa shape index (κ1) is 40.0. The van der Waals surface area contributed by atoms with Crippen LogP contribution in [0.3, 0.4) is 0 Å². The van der Waals surface area contributed by atoms with Gasteiger partial charge in [0.25, 0.3) is 0 Å². The highest BCUT2D eigenvalue weighted by molar-refractivity contribution is 6.00. The number of cyclic esters (lactones) is 1. The molecule has 48 heavy (non-hydrogen) atoms. The monoisotopic (exact) mass is 671 g/mol. The number of hydrogen-bond donors (Lipinski definition) is 2. The molecule has 12 atom stereocenters. The van der Waals surface area contributed by atoms with Gasteiger partial charge >= 0.3 is 5.97 Å². The number of ether oxygens (including phenoxy) is 4. The maximum absolute atomic E-state index is 14.1. The van der Waals surface area contributed by atoms with Crippen molar-refractivity contribution in [2.75, 3.05) is 21.2 Å². The highest BCUT2D eigenvalue weighted by Gasteiger charge is 2.49. The van der Waals surface area contributed by atoms with Crippen molar-refractivity contribution in [1.29, 1.82) is 0 Å². The summed E-state index contributed by atoms with van der Waals surface area (Å²) in [5.41, 5.74) is -0.436. The lowest BCUT2D eigenvalue weighted by atomic mass is 9.74. The molecule has 1 fully saturated rings. The van der Waals surface area contributed by atoms with Crippen molar-refractivity contribution in [2.24, 2.45) is 23.7 Å². The maximum Gasteiger partial charge on any atom is 0.316 e.